The highest BCUT2D eigenvalue weighted by Gasteiger charge is 2.25. The molecule has 1 fully saturated rings. The van der Waals surface area contributed by atoms with Crippen molar-refractivity contribution < 1.29 is 9.90 Å². The van der Waals surface area contributed by atoms with Crippen molar-refractivity contribution in [2.24, 2.45) is 11.8 Å². The van der Waals surface area contributed by atoms with Gasteiger partial charge in [-0.3, -0.25) is 0 Å². The number of aliphatic carboxylic acids is 1. The van der Waals surface area contributed by atoms with Crippen LogP contribution in [-0.4, -0.2) is 11.1 Å². The second kappa shape index (κ2) is 14.5. The highest BCUT2D eigenvalue weighted by atomic mass is 16.4. The molecule has 0 amide bonds. The van der Waals surface area contributed by atoms with Crippen molar-refractivity contribution >= 4 is 5.97 Å². The lowest BCUT2D eigenvalue weighted by molar-refractivity contribution is -0.131. The molecule has 0 heterocycles. The summed E-state index contributed by atoms with van der Waals surface area (Å²) in [7, 11) is 0. The third-order valence-corrected chi connectivity index (χ3v) is 5.70. The van der Waals surface area contributed by atoms with Gasteiger partial charge in [0.2, 0.25) is 0 Å². The molecule has 0 bridgehead atoms. The fourth-order valence-corrected chi connectivity index (χ4v) is 4.27. The van der Waals surface area contributed by atoms with Gasteiger partial charge in [0.1, 0.15) is 0 Å². The van der Waals surface area contributed by atoms with E-state index in [0.717, 1.165) is 24.7 Å². The fourth-order valence-electron chi connectivity index (χ4n) is 4.27. The predicted molar refractivity (Wildman–Crippen MR) is 103 cm³/mol. The Hall–Kier alpha value is -0.790. The van der Waals surface area contributed by atoms with Crippen LogP contribution < -0.4 is 0 Å². The van der Waals surface area contributed by atoms with E-state index in [1.54, 1.807) is 6.08 Å². The largest absolute Gasteiger partial charge is 0.478 e. The Balaban J connectivity index is 1.99. The summed E-state index contributed by atoms with van der Waals surface area (Å²) < 4.78 is 0. The predicted octanol–water partition coefficient (Wildman–Crippen LogP) is 7.13. The van der Waals surface area contributed by atoms with Crippen molar-refractivity contribution in [1.82, 2.24) is 0 Å². The molecule has 0 aromatic carbocycles. The van der Waals surface area contributed by atoms with Crippen LogP contribution in [0.3, 0.4) is 0 Å². The summed E-state index contributed by atoms with van der Waals surface area (Å²) >= 11 is 0. The maximum Gasteiger partial charge on any atom is 0.327 e. The summed E-state index contributed by atoms with van der Waals surface area (Å²) in [5, 5.41) is 8.57. The number of carbonyl (C=O) groups is 1. The molecule has 140 valence electrons. The molecule has 1 rings (SSSR count). The van der Waals surface area contributed by atoms with Gasteiger partial charge >= 0.3 is 5.97 Å². The average molecular weight is 337 g/mol. The molecule has 1 aliphatic carbocycles. The van der Waals surface area contributed by atoms with Crippen LogP contribution in [0, 0.1) is 11.8 Å². The maximum absolute atomic E-state index is 10.4. The van der Waals surface area contributed by atoms with Gasteiger partial charge in [-0.05, 0) is 24.7 Å². The van der Waals surface area contributed by atoms with Crippen molar-refractivity contribution in [3.05, 3.63) is 12.2 Å². The Labute approximate surface area is 150 Å². The van der Waals surface area contributed by atoms with Crippen LogP contribution in [0.25, 0.3) is 0 Å². The molecule has 0 aliphatic heterocycles. The minimum absolute atomic E-state index is 0.823. The standard InChI is InChI=1S/C22H40O2/c1-2-3-4-5-6-7-8-11-15-20-17-14-18-21(20)16-12-9-10-13-19-22(23)24/h13,19-21H,2-12,14-18H2,1H3,(H,23,24)/t20-,21-/m0/s1. The van der Waals surface area contributed by atoms with E-state index in [0.29, 0.717) is 0 Å². The number of carboxylic acids is 1. The molecule has 0 aromatic heterocycles. The molecule has 0 radical (unpaired) electrons. The zero-order chi connectivity index (χ0) is 17.5. The van der Waals surface area contributed by atoms with Gasteiger partial charge in [-0.15, -0.1) is 0 Å². The zero-order valence-electron chi connectivity index (χ0n) is 16.0. The van der Waals surface area contributed by atoms with Crippen molar-refractivity contribution in [1.29, 1.82) is 0 Å². The molecule has 1 saturated carbocycles. The Morgan fingerprint density at radius 3 is 2.00 bits per heavy atom. The molecule has 24 heavy (non-hydrogen) atoms. The number of hydrogen-bond acceptors (Lipinski definition) is 1. The van der Waals surface area contributed by atoms with Crippen LogP contribution in [0.15, 0.2) is 12.2 Å². The number of carboxylic acid groups (broad SMARTS) is 1. The van der Waals surface area contributed by atoms with E-state index >= 15 is 0 Å². The van der Waals surface area contributed by atoms with E-state index in [1.807, 2.05) is 0 Å². The molecule has 2 heteroatoms. The van der Waals surface area contributed by atoms with E-state index in [4.69, 9.17) is 5.11 Å². The molecular formula is C22H40O2. The van der Waals surface area contributed by atoms with E-state index in [2.05, 4.69) is 6.92 Å². The van der Waals surface area contributed by atoms with Crippen molar-refractivity contribution in [3.8, 4) is 0 Å². The molecule has 1 N–H and O–H groups in total. The van der Waals surface area contributed by atoms with Crippen LogP contribution in [0.1, 0.15) is 110 Å². The molecule has 0 spiro atoms. The summed E-state index contributed by atoms with van der Waals surface area (Å²) in [6.07, 6.45) is 25.0. The highest BCUT2D eigenvalue weighted by molar-refractivity contribution is 5.79. The van der Waals surface area contributed by atoms with Gasteiger partial charge < -0.3 is 5.11 Å². The molecule has 1 aliphatic rings. The van der Waals surface area contributed by atoms with Crippen molar-refractivity contribution in [2.75, 3.05) is 0 Å². The molecule has 0 saturated heterocycles. The summed E-state index contributed by atoms with van der Waals surface area (Å²) in [5.74, 6) is 1.12. The Bertz CT molecular complexity index is 335. The molecular weight excluding hydrogens is 296 g/mol. The topological polar surface area (TPSA) is 37.3 Å². The quantitative estimate of drug-likeness (QED) is 0.255. The molecule has 2 atom stereocenters. The normalized spacial score (nSPS) is 20.9. The Kier molecular flexibility index (Phi) is 12.9. The summed E-state index contributed by atoms with van der Waals surface area (Å²) in [4.78, 5) is 10.4. The van der Waals surface area contributed by atoms with Gasteiger partial charge in [0.05, 0.1) is 0 Å². The van der Waals surface area contributed by atoms with Crippen molar-refractivity contribution in [2.45, 2.75) is 110 Å². The second-order valence-electron chi connectivity index (χ2n) is 7.74. The highest BCUT2D eigenvalue weighted by Crippen LogP contribution is 2.38. The van der Waals surface area contributed by atoms with Gasteiger partial charge in [0.15, 0.2) is 0 Å². The minimum atomic E-state index is -0.823. The van der Waals surface area contributed by atoms with Crippen molar-refractivity contribution in [3.63, 3.8) is 0 Å². The van der Waals surface area contributed by atoms with Gasteiger partial charge in [0.25, 0.3) is 0 Å². The lowest BCUT2D eigenvalue weighted by Crippen LogP contribution is -2.08. The first kappa shape index (κ1) is 21.3. The minimum Gasteiger partial charge on any atom is -0.478 e. The first-order chi connectivity index (χ1) is 11.7. The van der Waals surface area contributed by atoms with Crippen LogP contribution in [-0.2, 0) is 4.79 Å². The monoisotopic (exact) mass is 336 g/mol. The number of rotatable bonds is 15. The maximum atomic E-state index is 10.4. The smallest absolute Gasteiger partial charge is 0.327 e. The summed E-state index contributed by atoms with van der Waals surface area (Å²) in [6.45, 7) is 2.28. The average Bonchev–Trinajstić information content (AvgIpc) is 3.00. The first-order valence-corrected chi connectivity index (χ1v) is 10.6. The van der Waals surface area contributed by atoms with Crippen LogP contribution in [0.5, 0.6) is 0 Å². The van der Waals surface area contributed by atoms with E-state index < -0.39 is 5.97 Å². The SMILES string of the molecule is CCCCCCCCCC[C@H]1CCC[C@@H]1CCCCC=CC(=O)O. The van der Waals surface area contributed by atoms with Crippen LogP contribution in [0.2, 0.25) is 0 Å². The van der Waals surface area contributed by atoms with Gasteiger partial charge in [-0.2, -0.15) is 0 Å². The number of allylic oxidation sites excluding steroid dienone is 1. The third kappa shape index (κ3) is 10.9. The van der Waals surface area contributed by atoms with Crippen LogP contribution in [0.4, 0.5) is 0 Å². The summed E-state index contributed by atoms with van der Waals surface area (Å²) in [6, 6.07) is 0. The summed E-state index contributed by atoms with van der Waals surface area (Å²) in [5.41, 5.74) is 0. The Morgan fingerprint density at radius 2 is 1.42 bits per heavy atom. The number of hydrogen-bond donors (Lipinski definition) is 1. The number of unbranched alkanes of at least 4 members (excludes halogenated alkanes) is 9. The zero-order valence-corrected chi connectivity index (χ0v) is 16.0. The first-order valence-electron chi connectivity index (χ1n) is 10.6. The molecule has 0 aromatic rings. The van der Waals surface area contributed by atoms with Gasteiger partial charge in [0, 0.05) is 6.08 Å². The van der Waals surface area contributed by atoms with E-state index in [9.17, 15) is 4.79 Å². The van der Waals surface area contributed by atoms with Gasteiger partial charge in [-0.25, -0.2) is 4.79 Å². The second-order valence-corrected chi connectivity index (χ2v) is 7.74. The molecule has 0 unspecified atom stereocenters. The lowest BCUT2D eigenvalue weighted by atomic mass is 9.87. The van der Waals surface area contributed by atoms with Crippen LogP contribution >= 0.6 is 0 Å². The lowest BCUT2D eigenvalue weighted by Gasteiger charge is -2.19. The fraction of sp³-hybridized carbons (Fsp3) is 0.864. The van der Waals surface area contributed by atoms with E-state index in [-0.39, 0.29) is 0 Å². The Morgan fingerprint density at radius 1 is 0.875 bits per heavy atom. The van der Waals surface area contributed by atoms with E-state index in [1.165, 1.54) is 96.0 Å². The van der Waals surface area contributed by atoms with Gasteiger partial charge in [-0.1, -0.05) is 103 Å². The third-order valence-electron chi connectivity index (χ3n) is 5.70. The molecule has 2 nitrogen and oxygen atoms in total.